The van der Waals surface area contributed by atoms with Gasteiger partial charge in [-0.15, -0.1) is 6.58 Å². The summed E-state index contributed by atoms with van der Waals surface area (Å²) >= 11 is 0. The van der Waals surface area contributed by atoms with Crippen LogP contribution in [-0.4, -0.2) is 32.3 Å². The number of rotatable bonds is 6. The smallest absolute Gasteiger partial charge is 0.268 e. The van der Waals surface area contributed by atoms with Crippen LogP contribution >= 0.6 is 0 Å². The molecular weight excluding hydrogens is 280 g/mol. The van der Waals surface area contributed by atoms with Crippen molar-refractivity contribution < 1.29 is 14.3 Å². The molecule has 0 bridgehead atoms. The van der Waals surface area contributed by atoms with Crippen LogP contribution < -0.4 is 15.4 Å². The SMILES string of the molecule is C=CCN1C(=O)C(C(C)C)Oc2ccc(C(N)COC)cc21. The van der Waals surface area contributed by atoms with Crippen molar-refractivity contribution in [2.45, 2.75) is 26.0 Å². The Bertz CT molecular complexity index is 557. The minimum absolute atomic E-state index is 0.0418. The highest BCUT2D eigenvalue weighted by Crippen LogP contribution is 2.37. The lowest BCUT2D eigenvalue weighted by Crippen LogP contribution is -2.48. The summed E-state index contributed by atoms with van der Waals surface area (Å²) in [6.45, 7) is 8.56. The highest BCUT2D eigenvalue weighted by atomic mass is 16.5. The van der Waals surface area contributed by atoms with Gasteiger partial charge in [0, 0.05) is 13.7 Å². The van der Waals surface area contributed by atoms with Gasteiger partial charge in [-0.3, -0.25) is 4.79 Å². The zero-order valence-corrected chi connectivity index (χ0v) is 13.4. The van der Waals surface area contributed by atoms with E-state index in [0.29, 0.717) is 18.9 Å². The van der Waals surface area contributed by atoms with Crippen molar-refractivity contribution in [2.24, 2.45) is 11.7 Å². The molecule has 2 rings (SSSR count). The first-order valence-electron chi connectivity index (χ1n) is 7.47. The number of carbonyl (C=O) groups is 1. The maximum atomic E-state index is 12.6. The van der Waals surface area contributed by atoms with Crippen LogP contribution in [0.25, 0.3) is 0 Å². The molecule has 22 heavy (non-hydrogen) atoms. The number of methoxy groups -OCH3 is 1. The Morgan fingerprint density at radius 3 is 2.82 bits per heavy atom. The number of ether oxygens (including phenoxy) is 2. The van der Waals surface area contributed by atoms with E-state index in [2.05, 4.69) is 6.58 Å². The van der Waals surface area contributed by atoms with Gasteiger partial charge in [-0.05, 0) is 23.6 Å². The number of benzene rings is 1. The molecule has 1 aliphatic heterocycles. The standard InChI is InChI=1S/C17H24N2O3/c1-5-8-19-14-9-12(13(18)10-21-4)6-7-15(14)22-16(11(2)3)17(19)20/h5-7,9,11,13,16H,1,8,10,18H2,2-4H3. The van der Waals surface area contributed by atoms with Crippen molar-refractivity contribution in [3.05, 3.63) is 36.4 Å². The van der Waals surface area contributed by atoms with E-state index in [-0.39, 0.29) is 17.9 Å². The lowest BCUT2D eigenvalue weighted by Gasteiger charge is -2.36. The first kappa shape index (κ1) is 16.5. The van der Waals surface area contributed by atoms with Gasteiger partial charge >= 0.3 is 0 Å². The molecule has 1 aromatic carbocycles. The first-order chi connectivity index (χ1) is 10.5. The number of nitrogens with zero attached hydrogens (tertiary/aromatic N) is 1. The number of amides is 1. The van der Waals surface area contributed by atoms with E-state index in [1.807, 2.05) is 32.0 Å². The van der Waals surface area contributed by atoms with Gasteiger partial charge in [-0.25, -0.2) is 0 Å². The molecule has 0 aromatic heterocycles. The fourth-order valence-electron chi connectivity index (χ4n) is 2.55. The van der Waals surface area contributed by atoms with Gasteiger partial charge in [-0.2, -0.15) is 0 Å². The maximum absolute atomic E-state index is 12.6. The Balaban J connectivity index is 2.41. The van der Waals surface area contributed by atoms with E-state index < -0.39 is 6.10 Å². The molecule has 0 aliphatic carbocycles. The number of hydrogen-bond acceptors (Lipinski definition) is 4. The third-order valence-electron chi connectivity index (χ3n) is 3.73. The molecule has 120 valence electrons. The molecule has 1 amide bonds. The van der Waals surface area contributed by atoms with E-state index in [1.165, 1.54) is 0 Å². The summed E-state index contributed by atoms with van der Waals surface area (Å²) in [7, 11) is 1.61. The normalized spacial score (nSPS) is 18.9. The van der Waals surface area contributed by atoms with Crippen molar-refractivity contribution in [3.8, 4) is 5.75 Å². The second kappa shape index (κ2) is 6.94. The van der Waals surface area contributed by atoms with Gasteiger partial charge in [0.05, 0.1) is 18.3 Å². The molecule has 2 N–H and O–H groups in total. The number of fused-ring (bicyclic) bond motifs is 1. The summed E-state index contributed by atoms with van der Waals surface area (Å²) in [5.74, 6) is 0.761. The summed E-state index contributed by atoms with van der Waals surface area (Å²) in [6.07, 6.45) is 1.25. The van der Waals surface area contributed by atoms with Gasteiger partial charge in [0.1, 0.15) is 5.75 Å². The Morgan fingerprint density at radius 2 is 2.23 bits per heavy atom. The fourth-order valence-corrected chi connectivity index (χ4v) is 2.55. The van der Waals surface area contributed by atoms with Gasteiger partial charge in [-0.1, -0.05) is 26.0 Å². The second-order valence-electron chi connectivity index (χ2n) is 5.81. The zero-order valence-electron chi connectivity index (χ0n) is 13.4. The molecule has 0 radical (unpaired) electrons. The topological polar surface area (TPSA) is 64.8 Å². The minimum Gasteiger partial charge on any atom is -0.478 e. The molecule has 0 saturated heterocycles. The molecule has 0 saturated carbocycles. The minimum atomic E-state index is -0.467. The van der Waals surface area contributed by atoms with Crippen LogP contribution in [0.4, 0.5) is 5.69 Å². The molecule has 2 atom stereocenters. The summed E-state index contributed by atoms with van der Waals surface area (Å²) in [5.41, 5.74) is 7.73. The highest BCUT2D eigenvalue weighted by Gasteiger charge is 2.36. The van der Waals surface area contributed by atoms with Gasteiger partial charge in [0.2, 0.25) is 0 Å². The van der Waals surface area contributed by atoms with Gasteiger partial charge in [0.25, 0.3) is 5.91 Å². The molecule has 1 aromatic rings. The lowest BCUT2D eigenvalue weighted by molar-refractivity contribution is -0.128. The molecule has 1 aliphatic rings. The van der Waals surface area contributed by atoms with Crippen LogP contribution in [0, 0.1) is 5.92 Å². The molecule has 5 heteroatoms. The average molecular weight is 304 g/mol. The summed E-state index contributed by atoms with van der Waals surface area (Å²) in [4.78, 5) is 14.3. The maximum Gasteiger partial charge on any atom is 0.268 e. The van der Waals surface area contributed by atoms with Gasteiger partial charge < -0.3 is 20.1 Å². The van der Waals surface area contributed by atoms with E-state index in [1.54, 1.807) is 18.1 Å². The van der Waals surface area contributed by atoms with Crippen LogP contribution in [0.2, 0.25) is 0 Å². The molecular formula is C17H24N2O3. The van der Waals surface area contributed by atoms with Crippen molar-refractivity contribution >= 4 is 11.6 Å². The predicted molar refractivity (Wildman–Crippen MR) is 87.1 cm³/mol. The van der Waals surface area contributed by atoms with Crippen molar-refractivity contribution in [3.63, 3.8) is 0 Å². The Morgan fingerprint density at radius 1 is 1.50 bits per heavy atom. The number of nitrogens with two attached hydrogens (primary N) is 1. The molecule has 0 fully saturated rings. The molecule has 2 unspecified atom stereocenters. The largest absolute Gasteiger partial charge is 0.478 e. The van der Waals surface area contributed by atoms with E-state index in [4.69, 9.17) is 15.2 Å². The first-order valence-corrected chi connectivity index (χ1v) is 7.47. The summed E-state index contributed by atoms with van der Waals surface area (Å²) < 4.78 is 11.0. The van der Waals surface area contributed by atoms with E-state index in [0.717, 1.165) is 11.3 Å². The third-order valence-corrected chi connectivity index (χ3v) is 3.73. The average Bonchev–Trinajstić information content (AvgIpc) is 2.49. The van der Waals surface area contributed by atoms with Crippen LogP contribution in [0.3, 0.4) is 0 Å². The highest BCUT2D eigenvalue weighted by molar-refractivity contribution is 6.00. The fraction of sp³-hybridized carbons (Fsp3) is 0.471. The van der Waals surface area contributed by atoms with Crippen LogP contribution in [0.5, 0.6) is 5.75 Å². The quantitative estimate of drug-likeness (QED) is 0.819. The van der Waals surface area contributed by atoms with Gasteiger partial charge in [0.15, 0.2) is 6.10 Å². The number of hydrogen-bond donors (Lipinski definition) is 1. The van der Waals surface area contributed by atoms with E-state index in [9.17, 15) is 4.79 Å². The third kappa shape index (κ3) is 3.15. The Labute approximate surface area is 131 Å². The lowest BCUT2D eigenvalue weighted by atomic mass is 10.0. The van der Waals surface area contributed by atoms with Crippen molar-refractivity contribution in [1.82, 2.24) is 0 Å². The van der Waals surface area contributed by atoms with Crippen molar-refractivity contribution in [1.29, 1.82) is 0 Å². The molecule has 1 heterocycles. The van der Waals surface area contributed by atoms with Crippen LogP contribution in [-0.2, 0) is 9.53 Å². The number of carbonyl (C=O) groups excluding carboxylic acids is 1. The van der Waals surface area contributed by atoms with E-state index >= 15 is 0 Å². The van der Waals surface area contributed by atoms with Crippen LogP contribution in [0.1, 0.15) is 25.5 Å². The monoisotopic (exact) mass is 304 g/mol. The van der Waals surface area contributed by atoms with Crippen LogP contribution in [0.15, 0.2) is 30.9 Å². The zero-order chi connectivity index (χ0) is 16.3. The summed E-state index contributed by atoms with van der Waals surface area (Å²) in [6, 6.07) is 5.45. The number of anilines is 1. The summed E-state index contributed by atoms with van der Waals surface area (Å²) in [5, 5.41) is 0. The van der Waals surface area contributed by atoms with Crippen molar-refractivity contribution in [2.75, 3.05) is 25.2 Å². The molecule has 5 nitrogen and oxygen atoms in total. The Kier molecular flexibility index (Phi) is 5.21. The molecule has 0 spiro atoms. The Hall–Kier alpha value is -1.85. The second-order valence-corrected chi connectivity index (χ2v) is 5.81. The predicted octanol–water partition coefficient (Wildman–Crippen LogP) is 2.27.